The Labute approximate surface area is 164 Å². The van der Waals surface area contributed by atoms with Gasteiger partial charge in [0.2, 0.25) is 0 Å². The summed E-state index contributed by atoms with van der Waals surface area (Å²) >= 11 is 0. The molecule has 0 saturated heterocycles. The van der Waals surface area contributed by atoms with Crippen molar-refractivity contribution in [2.75, 3.05) is 7.11 Å². The van der Waals surface area contributed by atoms with Gasteiger partial charge in [-0.05, 0) is 72.6 Å². The Morgan fingerprint density at radius 3 is 2.68 bits per heavy atom. The zero-order valence-electron chi connectivity index (χ0n) is 16.1. The third-order valence-electron chi connectivity index (χ3n) is 5.29. The van der Waals surface area contributed by atoms with Crippen LogP contribution < -0.4 is 4.74 Å². The first-order chi connectivity index (χ1) is 13.5. The zero-order chi connectivity index (χ0) is 19.7. The molecule has 0 unspecified atom stereocenters. The number of aromatic carboxylic acids is 1. The van der Waals surface area contributed by atoms with E-state index in [1.807, 2.05) is 49.5 Å². The Hall–Kier alpha value is -3.14. The molecule has 0 bridgehead atoms. The Morgan fingerprint density at radius 1 is 1.18 bits per heavy atom. The third kappa shape index (κ3) is 3.77. The van der Waals surface area contributed by atoms with Crippen molar-refractivity contribution in [2.24, 2.45) is 0 Å². The number of benzene rings is 2. The predicted octanol–water partition coefficient (Wildman–Crippen LogP) is 5.23. The fraction of sp³-hybridized carbons (Fsp3) is 0.250. The number of carbonyl (C=O) groups is 1. The SMILES string of the molecule is COc1cccc(-c2ncc(Cc3ccc(C4CC4)cc3C(=O)O)cc2C)c1. The van der Waals surface area contributed by atoms with Crippen molar-refractivity contribution in [3.05, 3.63) is 82.5 Å². The van der Waals surface area contributed by atoms with Gasteiger partial charge in [0, 0.05) is 11.8 Å². The lowest BCUT2D eigenvalue weighted by molar-refractivity contribution is 0.0695. The summed E-state index contributed by atoms with van der Waals surface area (Å²) in [5.74, 6) is 0.470. The van der Waals surface area contributed by atoms with Gasteiger partial charge in [-0.1, -0.05) is 30.3 Å². The number of carboxylic acid groups (broad SMARTS) is 1. The van der Waals surface area contributed by atoms with Gasteiger partial charge in [0.15, 0.2) is 0 Å². The molecular weight excluding hydrogens is 350 g/mol. The minimum Gasteiger partial charge on any atom is -0.497 e. The minimum atomic E-state index is -0.866. The Balaban J connectivity index is 1.62. The molecule has 4 rings (SSSR count). The lowest BCUT2D eigenvalue weighted by Crippen LogP contribution is -2.05. The van der Waals surface area contributed by atoms with Crippen LogP contribution in [0.5, 0.6) is 5.75 Å². The van der Waals surface area contributed by atoms with Gasteiger partial charge in [-0.3, -0.25) is 4.98 Å². The molecular formula is C24H23NO3. The fourth-order valence-corrected chi connectivity index (χ4v) is 3.64. The van der Waals surface area contributed by atoms with E-state index in [-0.39, 0.29) is 0 Å². The Morgan fingerprint density at radius 2 is 2.00 bits per heavy atom. The van der Waals surface area contributed by atoms with Gasteiger partial charge in [0.1, 0.15) is 5.75 Å². The smallest absolute Gasteiger partial charge is 0.335 e. The van der Waals surface area contributed by atoms with Crippen LogP contribution in [-0.2, 0) is 6.42 Å². The number of aryl methyl sites for hydroxylation is 1. The van der Waals surface area contributed by atoms with E-state index in [0.717, 1.165) is 52.1 Å². The maximum atomic E-state index is 11.7. The van der Waals surface area contributed by atoms with Crippen molar-refractivity contribution in [1.82, 2.24) is 4.98 Å². The average Bonchev–Trinajstić information content (AvgIpc) is 3.53. The molecule has 4 heteroatoms. The van der Waals surface area contributed by atoms with Crippen molar-refractivity contribution in [2.45, 2.75) is 32.1 Å². The van der Waals surface area contributed by atoms with Gasteiger partial charge in [0.25, 0.3) is 0 Å². The van der Waals surface area contributed by atoms with Crippen molar-refractivity contribution in [3.8, 4) is 17.0 Å². The molecule has 1 heterocycles. The van der Waals surface area contributed by atoms with Crippen LogP contribution in [0, 0.1) is 6.92 Å². The number of hydrogen-bond acceptors (Lipinski definition) is 3. The van der Waals surface area contributed by atoms with E-state index in [9.17, 15) is 9.90 Å². The number of methoxy groups -OCH3 is 1. The number of nitrogens with zero attached hydrogens (tertiary/aromatic N) is 1. The van der Waals surface area contributed by atoms with Crippen LogP contribution in [0.2, 0.25) is 0 Å². The van der Waals surface area contributed by atoms with Gasteiger partial charge >= 0.3 is 5.97 Å². The molecule has 0 aliphatic heterocycles. The topological polar surface area (TPSA) is 59.4 Å². The molecule has 3 aromatic rings. The van der Waals surface area contributed by atoms with Crippen LogP contribution >= 0.6 is 0 Å². The summed E-state index contributed by atoms with van der Waals surface area (Å²) < 4.78 is 5.30. The van der Waals surface area contributed by atoms with E-state index in [0.29, 0.717) is 17.9 Å². The van der Waals surface area contributed by atoms with E-state index in [4.69, 9.17) is 4.74 Å². The van der Waals surface area contributed by atoms with Gasteiger partial charge in [-0.25, -0.2) is 4.79 Å². The largest absolute Gasteiger partial charge is 0.497 e. The maximum Gasteiger partial charge on any atom is 0.335 e. The summed E-state index contributed by atoms with van der Waals surface area (Å²) in [6.45, 7) is 2.03. The molecule has 1 saturated carbocycles. The highest BCUT2D eigenvalue weighted by Gasteiger charge is 2.25. The molecule has 1 aliphatic carbocycles. The van der Waals surface area contributed by atoms with Gasteiger partial charge in [-0.15, -0.1) is 0 Å². The first kappa shape index (κ1) is 18.2. The molecule has 1 aliphatic rings. The van der Waals surface area contributed by atoms with Crippen LogP contribution in [0.3, 0.4) is 0 Å². The average molecular weight is 373 g/mol. The summed E-state index contributed by atoms with van der Waals surface area (Å²) in [5, 5.41) is 9.64. The summed E-state index contributed by atoms with van der Waals surface area (Å²) in [7, 11) is 1.65. The second kappa shape index (κ2) is 7.47. The second-order valence-electron chi connectivity index (χ2n) is 7.41. The number of aromatic nitrogens is 1. The number of carboxylic acids is 1. The molecule has 0 amide bonds. The van der Waals surface area contributed by atoms with E-state index in [2.05, 4.69) is 17.1 Å². The Bertz CT molecular complexity index is 1040. The van der Waals surface area contributed by atoms with E-state index in [1.54, 1.807) is 7.11 Å². The van der Waals surface area contributed by atoms with Crippen LogP contribution in [0.15, 0.2) is 54.7 Å². The molecule has 0 atom stereocenters. The van der Waals surface area contributed by atoms with Crippen molar-refractivity contribution in [1.29, 1.82) is 0 Å². The standard InChI is InChI=1S/C24H23NO3/c1-15-10-16(14-25-23(15)20-4-3-5-21(12-20)28-2)11-19-9-8-18(17-6-7-17)13-22(19)24(26)27/h3-5,8-10,12-14,17H,6-7,11H2,1-2H3,(H,26,27). The van der Waals surface area contributed by atoms with Gasteiger partial charge < -0.3 is 9.84 Å². The van der Waals surface area contributed by atoms with Crippen molar-refractivity contribution >= 4 is 5.97 Å². The number of pyridine rings is 1. The highest BCUT2D eigenvalue weighted by Crippen LogP contribution is 2.40. The predicted molar refractivity (Wildman–Crippen MR) is 109 cm³/mol. The summed E-state index contributed by atoms with van der Waals surface area (Å²) in [5.41, 5.74) is 6.34. The number of hydrogen-bond donors (Lipinski definition) is 1. The highest BCUT2D eigenvalue weighted by atomic mass is 16.5. The lowest BCUT2D eigenvalue weighted by atomic mass is 9.96. The first-order valence-corrected chi connectivity index (χ1v) is 9.51. The zero-order valence-corrected chi connectivity index (χ0v) is 16.1. The maximum absolute atomic E-state index is 11.7. The first-order valence-electron chi connectivity index (χ1n) is 9.51. The van der Waals surface area contributed by atoms with Crippen LogP contribution in [0.25, 0.3) is 11.3 Å². The third-order valence-corrected chi connectivity index (χ3v) is 5.29. The van der Waals surface area contributed by atoms with E-state index in [1.165, 1.54) is 0 Å². The summed E-state index contributed by atoms with van der Waals surface area (Å²) in [4.78, 5) is 16.4. The fourth-order valence-electron chi connectivity index (χ4n) is 3.64. The van der Waals surface area contributed by atoms with E-state index >= 15 is 0 Å². The summed E-state index contributed by atoms with van der Waals surface area (Å²) in [6.07, 6.45) is 4.71. The molecule has 0 radical (unpaired) electrons. The molecule has 1 N–H and O–H groups in total. The van der Waals surface area contributed by atoms with E-state index < -0.39 is 5.97 Å². The monoisotopic (exact) mass is 373 g/mol. The molecule has 4 nitrogen and oxygen atoms in total. The molecule has 142 valence electrons. The number of rotatable bonds is 6. The van der Waals surface area contributed by atoms with Crippen molar-refractivity contribution < 1.29 is 14.6 Å². The molecule has 1 aromatic heterocycles. The second-order valence-corrected chi connectivity index (χ2v) is 7.41. The lowest BCUT2D eigenvalue weighted by Gasteiger charge is -2.11. The Kier molecular flexibility index (Phi) is 4.86. The highest BCUT2D eigenvalue weighted by molar-refractivity contribution is 5.90. The van der Waals surface area contributed by atoms with Gasteiger partial charge in [-0.2, -0.15) is 0 Å². The number of ether oxygens (including phenoxy) is 1. The summed E-state index contributed by atoms with van der Waals surface area (Å²) in [6, 6.07) is 15.8. The van der Waals surface area contributed by atoms with Crippen molar-refractivity contribution in [3.63, 3.8) is 0 Å². The molecule has 0 spiro atoms. The minimum absolute atomic E-state index is 0.402. The quantitative estimate of drug-likeness (QED) is 0.642. The van der Waals surface area contributed by atoms with Crippen LogP contribution in [0.1, 0.15) is 51.4 Å². The van der Waals surface area contributed by atoms with Gasteiger partial charge in [0.05, 0.1) is 18.4 Å². The molecule has 2 aromatic carbocycles. The van der Waals surface area contributed by atoms with Crippen LogP contribution in [-0.4, -0.2) is 23.2 Å². The molecule has 1 fully saturated rings. The van der Waals surface area contributed by atoms with Crippen LogP contribution in [0.4, 0.5) is 0 Å². The molecule has 28 heavy (non-hydrogen) atoms. The normalized spacial score (nSPS) is 13.4.